The molecule has 1 aliphatic rings. The quantitative estimate of drug-likeness (QED) is 0.762. The number of hydrogen-bond donors (Lipinski definition) is 1. The number of aromatic nitrogens is 2. The van der Waals surface area contributed by atoms with Gasteiger partial charge in [0.05, 0.1) is 35.6 Å². The van der Waals surface area contributed by atoms with Crippen LogP contribution < -0.4 is 0 Å². The molecule has 1 aromatic heterocycles. The molecule has 0 saturated heterocycles. The molecule has 0 aliphatic carbocycles. The van der Waals surface area contributed by atoms with Gasteiger partial charge in [-0.05, 0) is 22.6 Å². The van der Waals surface area contributed by atoms with Crippen LogP contribution in [0.25, 0.3) is 0 Å². The summed E-state index contributed by atoms with van der Waals surface area (Å²) >= 11 is 2.20. The molecule has 1 aliphatic heterocycles. The SMILES string of the molecule is OCc1nn2c(c1I)COCC2. The Labute approximate surface area is 83.7 Å². The topological polar surface area (TPSA) is 47.3 Å². The van der Waals surface area contributed by atoms with Crippen molar-refractivity contribution >= 4 is 22.6 Å². The standard InChI is InChI=1S/C7H9IN2O2/c8-7-5(3-11)9-10-1-2-12-4-6(7)10/h11H,1-4H2. The summed E-state index contributed by atoms with van der Waals surface area (Å²) in [5.74, 6) is 0. The van der Waals surface area contributed by atoms with Crippen molar-refractivity contribution in [2.45, 2.75) is 19.8 Å². The molecule has 0 radical (unpaired) electrons. The zero-order chi connectivity index (χ0) is 8.55. The van der Waals surface area contributed by atoms with E-state index in [1.807, 2.05) is 4.68 Å². The Morgan fingerprint density at radius 2 is 2.50 bits per heavy atom. The molecule has 0 amide bonds. The molecule has 0 unspecified atom stereocenters. The van der Waals surface area contributed by atoms with Gasteiger partial charge in [0, 0.05) is 0 Å². The molecule has 2 rings (SSSR count). The maximum absolute atomic E-state index is 8.95. The van der Waals surface area contributed by atoms with Crippen molar-refractivity contribution in [2.24, 2.45) is 0 Å². The maximum Gasteiger partial charge on any atom is 0.102 e. The van der Waals surface area contributed by atoms with Crippen LogP contribution in [-0.4, -0.2) is 21.5 Å². The molecule has 4 nitrogen and oxygen atoms in total. The molecule has 66 valence electrons. The zero-order valence-electron chi connectivity index (χ0n) is 6.46. The number of aliphatic hydroxyl groups excluding tert-OH is 1. The van der Waals surface area contributed by atoms with Gasteiger partial charge in [-0.2, -0.15) is 5.10 Å². The summed E-state index contributed by atoms with van der Waals surface area (Å²) in [5.41, 5.74) is 1.85. The number of nitrogens with zero attached hydrogens (tertiary/aromatic N) is 2. The van der Waals surface area contributed by atoms with Gasteiger partial charge in [0.15, 0.2) is 0 Å². The van der Waals surface area contributed by atoms with Crippen molar-refractivity contribution in [2.75, 3.05) is 6.61 Å². The van der Waals surface area contributed by atoms with Crippen LogP contribution in [0, 0.1) is 3.57 Å². The fourth-order valence-corrected chi connectivity index (χ4v) is 1.99. The highest BCUT2D eigenvalue weighted by atomic mass is 127. The summed E-state index contributed by atoms with van der Waals surface area (Å²) in [4.78, 5) is 0. The summed E-state index contributed by atoms with van der Waals surface area (Å²) < 4.78 is 8.24. The first kappa shape index (κ1) is 8.46. The Hall–Kier alpha value is -0.140. The Morgan fingerprint density at radius 3 is 3.17 bits per heavy atom. The molecule has 1 N–H and O–H groups in total. The monoisotopic (exact) mass is 280 g/mol. The Morgan fingerprint density at radius 1 is 1.67 bits per heavy atom. The minimum Gasteiger partial charge on any atom is -0.390 e. The second-order valence-corrected chi connectivity index (χ2v) is 3.72. The molecule has 2 heterocycles. The summed E-state index contributed by atoms with van der Waals surface area (Å²) in [5, 5.41) is 13.2. The van der Waals surface area contributed by atoms with Gasteiger partial charge in [-0.3, -0.25) is 4.68 Å². The second kappa shape index (κ2) is 3.31. The highest BCUT2D eigenvalue weighted by Gasteiger charge is 2.17. The lowest BCUT2D eigenvalue weighted by molar-refractivity contribution is 0.0793. The molecule has 12 heavy (non-hydrogen) atoms. The highest BCUT2D eigenvalue weighted by molar-refractivity contribution is 14.1. The van der Waals surface area contributed by atoms with Crippen LogP contribution >= 0.6 is 22.6 Å². The third-order valence-corrected chi connectivity index (χ3v) is 3.14. The molecule has 0 bridgehead atoms. The van der Waals surface area contributed by atoms with Crippen molar-refractivity contribution in [1.29, 1.82) is 0 Å². The predicted molar refractivity (Wildman–Crippen MR) is 50.5 cm³/mol. The van der Waals surface area contributed by atoms with Gasteiger partial charge in [-0.25, -0.2) is 0 Å². The van der Waals surface area contributed by atoms with E-state index in [0.29, 0.717) is 6.61 Å². The largest absolute Gasteiger partial charge is 0.390 e. The molecule has 0 aromatic carbocycles. The molecule has 0 atom stereocenters. The highest BCUT2D eigenvalue weighted by Crippen LogP contribution is 2.20. The Balaban J connectivity index is 2.44. The minimum atomic E-state index is 0.0122. The Bertz CT molecular complexity index is 298. The first-order chi connectivity index (χ1) is 5.83. The van der Waals surface area contributed by atoms with Gasteiger partial charge >= 0.3 is 0 Å². The fourth-order valence-electron chi connectivity index (χ4n) is 1.27. The van der Waals surface area contributed by atoms with Crippen molar-refractivity contribution in [3.05, 3.63) is 15.0 Å². The van der Waals surface area contributed by atoms with Crippen molar-refractivity contribution in [3.8, 4) is 0 Å². The van der Waals surface area contributed by atoms with Crippen LogP contribution in [-0.2, 0) is 24.5 Å². The van der Waals surface area contributed by atoms with Crippen molar-refractivity contribution in [3.63, 3.8) is 0 Å². The smallest absolute Gasteiger partial charge is 0.102 e. The van der Waals surface area contributed by atoms with Gasteiger partial charge in [0.2, 0.25) is 0 Å². The molecule has 1 aromatic rings. The van der Waals surface area contributed by atoms with E-state index in [4.69, 9.17) is 9.84 Å². The van der Waals surface area contributed by atoms with Crippen LogP contribution in [0.4, 0.5) is 0 Å². The fraction of sp³-hybridized carbons (Fsp3) is 0.571. The summed E-state index contributed by atoms with van der Waals surface area (Å²) in [6.45, 7) is 2.14. The number of fused-ring (bicyclic) bond motifs is 1. The van der Waals surface area contributed by atoms with Crippen LogP contribution in [0.3, 0.4) is 0 Å². The molecule has 5 heteroatoms. The maximum atomic E-state index is 8.95. The van der Waals surface area contributed by atoms with Crippen molar-refractivity contribution in [1.82, 2.24) is 9.78 Å². The predicted octanol–water partition coefficient (Wildman–Crippen LogP) is 0.510. The Kier molecular flexibility index (Phi) is 2.33. The molecular formula is C7H9IN2O2. The third-order valence-electron chi connectivity index (χ3n) is 1.90. The van der Waals surface area contributed by atoms with Crippen LogP contribution in [0.5, 0.6) is 0 Å². The summed E-state index contributed by atoms with van der Waals surface area (Å²) in [6, 6.07) is 0. The molecular weight excluding hydrogens is 271 g/mol. The molecule has 0 fully saturated rings. The van der Waals surface area contributed by atoms with E-state index < -0.39 is 0 Å². The van der Waals surface area contributed by atoms with E-state index in [2.05, 4.69) is 27.7 Å². The average Bonchev–Trinajstić information content (AvgIpc) is 2.44. The second-order valence-electron chi connectivity index (χ2n) is 2.64. The number of rotatable bonds is 1. The van der Waals surface area contributed by atoms with E-state index in [-0.39, 0.29) is 6.61 Å². The third kappa shape index (κ3) is 1.25. The summed E-state index contributed by atoms with van der Waals surface area (Å²) in [7, 11) is 0. The normalized spacial score (nSPS) is 16.2. The van der Waals surface area contributed by atoms with Crippen LogP contribution in [0.2, 0.25) is 0 Å². The van der Waals surface area contributed by atoms with E-state index in [9.17, 15) is 0 Å². The van der Waals surface area contributed by atoms with Gasteiger partial charge < -0.3 is 9.84 Å². The van der Waals surface area contributed by atoms with Crippen LogP contribution in [0.1, 0.15) is 11.4 Å². The van der Waals surface area contributed by atoms with Crippen LogP contribution in [0.15, 0.2) is 0 Å². The van der Waals surface area contributed by atoms with Gasteiger partial charge in [0.1, 0.15) is 5.69 Å². The number of aliphatic hydroxyl groups is 1. The van der Waals surface area contributed by atoms with E-state index in [1.165, 1.54) is 0 Å². The number of halogens is 1. The summed E-state index contributed by atoms with van der Waals surface area (Å²) in [6.07, 6.45) is 0. The molecule has 0 spiro atoms. The lowest BCUT2D eigenvalue weighted by Gasteiger charge is -2.13. The zero-order valence-corrected chi connectivity index (χ0v) is 8.61. The van der Waals surface area contributed by atoms with Gasteiger partial charge in [-0.15, -0.1) is 0 Å². The average molecular weight is 280 g/mol. The van der Waals surface area contributed by atoms with E-state index in [0.717, 1.165) is 28.1 Å². The number of ether oxygens (including phenoxy) is 1. The van der Waals surface area contributed by atoms with Crippen molar-refractivity contribution < 1.29 is 9.84 Å². The van der Waals surface area contributed by atoms with E-state index in [1.54, 1.807) is 0 Å². The minimum absolute atomic E-state index is 0.0122. The van der Waals surface area contributed by atoms with Gasteiger partial charge in [-0.1, -0.05) is 0 Å². The van der Waals surface area contributed by atoms with E-state index >= 15 is 0 Å². The number of hydrogen-bond acceptors (Lipinski definition) is 3. The first-order valence-electron chi connectivity index (χ1n) is 3.75. The lowest BCUT2D eigenvalue weighted by atomic mass is 10.3. The first-order valence-corrected chi connectivity index (χ1v) is 4.83. The van der Waals surface area contributed by atoms with Gasteiger partial charge in [0.25, 0.3) is 0 Å². The molecule has 0 saturated carbocycles. The lowest BCUT2D eigenvalue weighted by Crippen LogP contribution is -2.17.